The minimum Gasteiger partial charge on any atom is -0.335 e. The Morgan fingerprint density at radius 2 is 1.86 bits per heavy atom. The quantitative estimate of drug-likeness (QED) is 0.410. The van der Waals surface area contributed by atoms with Crippen molar-refractivity contribution in [3.05, 3.63) is 59.1 Å². The third-order valence-electron chi connectivity index (χ3n) is 4.78. The lowest BCUT2D eigenvalue weighted by atomic mass is 9.97. The van der Waals surface area contributed by atoms with Crippen molar-refractivity contribution >= 4 is 35.0 Å². The number of rotatable bonds is 7. The van der Waals surface area contributed by atoms with Crippen LogP contribution in [0.15, 0.2) is 53.7 Å². The van der Waals surface area contributed by atoms with Gasteiger partial charge in [-0.05, 0) is 55.2 Å². The molecule has 2 unspecified atom stereocenters. The topological polar surface area (TPSA) is 85.8 Å². The number of aromatic nitrogens is 3. The van der Waals surface area contributed by atoms with Gasteiger partial charge in [-0.1, -0.05) is 55.4 Å². The number of nitrogens with one attached hydrogen (secondary N) is 1. The van der Waals surface area contributed by atoms with Crippen LogP contribution in [0.1, 0.15) is 38.7 Å². The van der Waals surface area contributed by atoms with Crippen LogP contribution in [-0.4, -0.2) is 26.0 Å². The first-order valence-corrected chi connectivity index (χ1v) is 10.7. The molecule has 1 heterocycles. The van der Waals surface area contributed by atoms with E-state index < -0.39 is 5.25 Å². The third-order valence-corrected chi connectivity index (χ3v) is 6.09. The maximum Gasteiger partial charge on any atom is 0.237 e. The second kappa shape index (κ2) is 9.33. The summed E-state index contributed by atoms with van der Waals surface area (Å²) in [5.41, 5.74) is 2.78. The summed E-state index contributed by atoms with van der Waals surface area (Å²) in [6, 6.07) is 15.1. The number of hydrogen-bond donors (Lipinski definition) is 2. The predicted molar refractivity (Wildman–Crippen MR) is 120 cm³/mol. The predicted octanol–water partition coefficient (Wildman–Crippen LogP) is 4.95. The Morgan fingerprint density at radius 1 is 1.17 bits per heavy atom. The number of carbonyl (C=O) groups is 1. The van der Waals surface area contributed by atoms with Crippen LogP contribution < -0.4 is 11.2 Å². The van der Waals surface area contributed by atoms with Crippen molar-refractivity contribution in [1.82, 2.24) is 14.9 Å². The van der Waals surface area contributed by atoms with Crippen molar-refractivity contribution in [2.75, 3.05) is 11.2 Å². The molecule has 1 aromatic heterocycles. The number of para-hydroxylation sites is 1. The number of carbonyl (C=O) groups excluding carboxylic acids is 1. The second-order valence-electron chi connectivity index (χ2n) is 6.83. The van der Waals surface area contributed by atoms with Crippen molar-refractivity contribution in [2.45, 2.75) is 43.5 Å². The first-order chi connectivity index (χ1) is 13.9. The van der Waals surface area contributed by atoms with E-state index in [4.69, 9.17) is 17.4 Å². The number of hydrogen-bond acceptors (Lipinski definition) is 5. The van der Waals surface area contributed by atoms with Gasteiger partial charge in [0.15, 0.2) is 5.82 Å². The van der Waals surface area contributed by atoms with Crippen LogP contribution in [0.3, 0.4) is 0 Å². The van der Waals surface area contributed by atoms with Crippen LogP contribution >= 0.6 is 23.4 Å². The van der Waals surface area contributed by atoms with Crippen LogP contribution in [0.25, 0.3) is 11.4 Å². The molecular formula is C21H24ClN5OS. The van der Waals surface area contributed by atoms with Crippen LogP contribution in [0.5, 0.6) is 0 Å². The highest BCUT2D eigenvalue weighted by Gasteiger charge is 2.21. The van der Waals surface area contributed by atoms with E-state index in [1.54, 1.807) is 12.1 Å². The van der Waals surface area contributed by atoms with Gasteiger partial charge in [0.25, 0.3) is 0 Å². The van der Waals surface area contributed by atoms with Crippen molar-refractivity contribution in [1.29, 1.82) is 0 Å². The first-order valence-electron chi connectivity index (χ1n) is 9.43. The zero-order chi connectivity index (χ0) is 21.0. The van der Waals surface area contributed by atoms with Gasteiger partial charge < -0.3 is 11.2 Å². The summed E-state index contributed by atoms with van der Waals surface area (Å²) in [6.07, 6.45) is 1.00. The fourth-order valence-corrected chi connectivity index (χ4v) is 3.76. The molecule has 0 spiro atoms. The first kappa shape index (κ1) is 21.2. The lowest BCUT2D eigenvalue weighted by Crippen LogP contribution is -2.24. The van der Waals surface area contributed by atoms with Crippen molar-refractivity contribution in [3.8, 4) is 11.4 Å². The molecule has 3 aromatic rings. The minimum absolute atomic E-state index is 0.109. The maximum atomic E-state index is 12.8. The normalized spacial score (nSPS) is 13.1. The second-order valence-corrected chi connectivity index (χ2v) is 8.57. The standard InChI is InChI=1S/C21H24ClN5OS/c1-4-13(2)17-7-5-6-8-18(17)24-20(28)14(3)29-21-26-25-19(27(21)23)15-9-11-16(22)12-10-15/h5-14H,4,23H2,1-3H3,(H,24,28). The number of thioether (sulfide) groups is 1. The smallest absolute Gasteiger partial charge is 0.237 e. The third kappa shape index (κ3) is 4.92. The summed E-state index contributed by atoms with van der Waals surface area (Å²) in [6.45, 7) is 6.11. The number of nitrogens with two attached hydrogens (primary N) is 1. The van der Waals surface area contributed by atoms with Crippen LogP contribution in [0.4, 0.5) is 5.69 Å². The molecule has 0 fully saturated rings. The monoisotopic (exact) mass is 429 g/mol. The summed E-state index contributed by atoms with van der Waals surface area (Å²) < 4.78 is 1.39. The Morgan fingerprint density at radius 3 is 2.55 bits per heavy atom. The van der Waals surface area contributed by atoms with Crippen molar-refractivity contribution in [3.63, 3.8) is 0 Å². The Kier molecular flexibility index (Phi) is 6.82. The molecule has 2 aromatic carbocycles. The lowest BCUT2D eigenvalue weighted by Gasteiger charge is -2.17. The van der Waals surface area contributed by atoms with Gasteiger partial charge >= 0.3 is 0 Å². The molecule has 0 aliphatic carbocycles. The molecule has 1 amide bonds. The van der Waals surface area contributed by atoms with E-state index in [1.165, 1.54) is 16.4 Å². The molecular weight excluding hydrogens is 406 g/mol. The summed E-state index contributed by atoms with van der Waals surface area (Å²) in [5, 5.41) is 12.0. The van der Waals surface area contributed by atoms with Gasteiger partial charge in [0, 0.05) is 16.3 Å². The largest absolute Gasteiger partial charge is 0.335 e. The Labute approximate surface area is 179 Å². The fourth-order valence-electron chi connectivity index (χ4n) is 2.86. The molecule has 0 aliphatic rings. The summed E-state index contributed by atoms with van der Waals surface area (Å²) in [4.78, 5) is 12.8. The number of anilines is 1. The van der Waals surface area contributed by atoms with Gasteiger partial charge in [-0.3, -0.25) is 4.79 Å². The Balaban J connectivity index is 1.72. The molecule has 6 nitrogen and oxygen atoms in total. The highest BCUT2D eigenvalue weighted by atomic mass is 35.5. The Bertz CT molecular complexity index is 989. The van der Waals surface area contributed by atoms with E-state index >= 15 is 0 Å². The molecule has 3 rings (SSSR count). The van der Waals surface area contributed by atoms with Crippen molar-refractivity contribution in [2.24, 2.45) is 0 Å². The van der Waals surface area contributed by atoms with Gasteiger partial charge in [-0.2, -0.15) is 0 Å². The average Bonchev–Trinajstić information content (AvgIpc) is 3.08. The van der Waals surface area contributed by atoms with Gasteiger partial charge in [0.05, 0.1) is 5.25 Å². The number of nitrogen functional groups attached to an aromatic ring is 1. The molecule has 0 saturated carbocycles. The summed E-state index contributed by atoms with van der Waals surface area (Å²) in [7, 11) is 0. The van der Waals surface area contributed by atoms with E-state index in [-0.39, 0.29) is 5.91 Å². The molecule has 152 valence electrons. The highest BCUT2D eigenvalue weighted by molar-refractivity contribution is 8.00. The number of amides is 1. The highest BCUT2D eigenvalue weighted by Crippen LogP contribution is 2.29. The SMILES string of the molecule is CCC(C)c1ccccc1NC(=O)C(C)Sc1nnc(-c2ccc(Cl)cc2)n1N. The molecule has 2 atom stereocenters. The zero-order valence-corrected chi connectivity index (χ0v) is 18.2. The number of nitrogens with zero attached hydrogens (tertiary/aromatic N) is 3. The number of halogens is 1. The van der Waals surface area contributed by atoms with E-state index in [9.17, 15) is 4.79 Å². The maximum absolute atomic E-state index is 12.8. The molecule has 0 saturated heterocycles. The molecule has 0 radical (unpaired) electrons. The average molecular weight is 430 g/mol. The van der Waals surface area contributed by atoms with Gasteiger partial charge in [0.2, 0.25) is 11.1 Å². The van der Waals surface area contributed by atoms with Crippen LogP contribution in [0, 0.1) is 0 Å². The molecule has 8 heteroatoms. The molecule has 29 heavy (non-hydrogen) atoms. The number of benzene rings is 2. The fraction of sp³-hybridized carbons (Fsp3) is 0.286. The van der Waals surface area contributed by atoms with E-state index in [0.717, 1.165) is 23.2 Å². The van der Waals surface area contributed by atoms with Crippen LogP contribution in [0.2, 0.25) is 5.02 Å². The van der Waals surface area contributed by atoms with Crippen molar-refractivity contribution < 1.29 is 4.79 Å². The van der Waals surface area contributed by atoms with E-state index in [2.05, 4.69) is 35.4 Å². The van der Waals surface area contributed by atoms with Crippen LogP contribution in [-0.2, 0) is 4.79 Å². The van der Waals surface area contributed by atoms with Gasteiger partial charge in [0.1, 0.15) is 0 Å². The van der Waals surface area contributed by atoms with Gasteiger partial charge in [-0.25, -0.2) is 4.68 Å². The zero-order valence-electron chi connectivity index (χ0n) is 16.6. The van der Waals surface area contributed by atoms with Gasteiger partial charge in [-0.15, -0.1) is 10.2 Å². The molecule has 0 bridgehead atoms. The molecule has 3 N–H and O–H groups in total. The summed E-state index contributed by atoms with van der Waals surface area (Å²) in [5.74, 6) is 6.93. The Hall–Kier alpha value is -2.51. The summed E-state index contributed by atoms with van der Waals surface area (Å²) >= 11 is 7.19. The van der Waals surface area contributed by atoms with E-state index in [1.807, 2.05) is 37.3 Å². The lowest BCUT2D eigenvalue weighted by molar-refractivity contribution is -0.115. The van der Waals surface area contributed by atoms with E-state index in [0.29, 0.717) is 21.9 Å². The minimum atomic E-state index is -0.399. The molecule has 0 aliphatic heterocycles.